The lowest BCUT2D eigenvalue weighted by atomic mass is 10.2. The summed E-state index contributed by atoms with van der Waals surface area (Å²) < 4.78 is 0. The SMILES string of the molecule is Cc1ccnc(NC[C@@H](O)c2ccsc2)c1[N+](=O)[O-]. The molecule has 0 amide bonds. The fourth-order valence-electron chi connectivity index (χ4n) is 1.69. The lowest BCUT2D eigenvalue weighted by molar-refractivity contribution is -0.384. The van der Waals surface area contributed by atoms with E-state index in [4.69, 9.17) is 0 Å². The van der Waals surface area contributed by atoms with Gasteiger partial charge in [0.05, 0.1) is 11.0 Å². The average molecular weight is 279 g/mol. The number of nitro groups is 1. The Hall–Kier alpha value is -1.99. The second kappa shape index (κ2) is 5.77. The predicted octanol–water partition coefficient (Wildman–Crippen LogP) is 2.51. The Morgan fingerprint density at radius 2 is 2.37 bits per heavy atom. The number of pyridine rings is 1. The molecule has 2 rings (SSSR count). The summed E-state index contributed by atoms with van der Waals surface area (Å²) in [6, 6.07) is 3.40. The van der Waals surface area contributed by atoms with Crippen LogP contribution >= 0.6 is 11.3 Å². The summed E-state index contributed by atoms with van der Waals surface area (Å²) >= 11 is 1.49. The Kier molecular flexibility index (Phi) is 4.08. The Bertz CT molecular complexity index is 572. The van der Waals surface area contributed by atoms with Crippen molar-refractivity contribution in [2.24, 2.45) is 0 Å². The summed E-state index contributed by atoms with van der Waals surface area (Å²) in [7, 11) is 0. The Labute approximate surface area is 113 Å². The minimum Gasteiger partial charge on any atom is -0.387 e. The van der Waals surface area contributed by atoms with Gasteiger partial charge in [-0.15, -0.1) is 0 Å². The quantitative estimate of drug-likeness (QED) is 0.648. The number of hydrogen-bond donors (Lipinski definition) is 2. The molecule has 0 unspecified atom stereocenters. The van der Waals surface area contributed by atoms with E-state index in [-0.39, 0.29) is 18.1 Å². The third-order valence-electron chi connectivity index (χ3n) is 2.70. The first-order valence-electron chi connectivity index (χ1n) is 5.63. The molecule has 7 heteroatoms. The number of aliphatic hydroxyl groups excluding tert-OH is 1. The standard InChI is InChI=1S/C12H13N3O3S/c1-8-2-4-13-12(11(8)15(17)18)14-6-10(16)9-3-5-19-7-9/h2-5,7,10,16H,6H2,1H3,(H,13,14)/t10-/m1/s1. The van der Waals surface area contributed by atoms with E-state index in [1.54, 1.807) is 13.0 Å². The average Bonchev–Trinajstić information content (AvgIpc) is 2.89. The van der Waals surface area contributed by atoms with Crippen molar-refractivity contribution in [2.45, 2.75) is 13.0 Å². The van der Waals surface area contributed by atoms with Gasteiger partial charge >= 0.3 is 5.69 Å². The zero-order valence-electron chi connectivity index (χ0n) is 10.2. The topological polar surface area (TPSA) is 88.3 Å². The largest absolute Gasteiger partial charge is 0.387 e. The van der Waals surface area contributed by atoms with Crippen molar-refractivity contribution in [3.05, 3.63) is 50.3 Å². The molecule has 0 saturated carbocycles. The number of aromatic nitrogens is 1. The molecule has 0 bridgehead atoms. The van der Waals surface area contributed by atoms with Crippen molar-refractivity contribution in [3.63, 3.8) is 0 Å². The molecule has 2 aromatic heterocycles. The van der Waals surface area contributed by atoms with Crippen LogP contribution in [0.2, 0.25) is 0 Å². The molecular weight excluding hydrogens is 266 g/mol. The van der Waals surface area contributed by atoms with Crippen LogP contribution in [0.25, 0.3) is 0 Å². The van der Waals surface area contributed by atoms with Gasteiger partial charge in [-0.2, -0.15) is 11.3 Å². The monoisotopic (exact) mass is 279 g/mol. The summed E-state index contributed by atoms with van der Waals surface area (Å²) in [5.74, 6) is 0.180. The normalized spacial score (nSPS) is 12.1. The Balaban J connectivity index is 2.12. The minimum atomic E-state index is -0.715. The lowest BCUT2D eigenvalue weighted by Crippen LogP contribution is -2.13. The van der Waals surface area contributed by atoms with E-state index in [0.29, 0.717) is 5.56 Å². The Morgan fingerprint density at radius 1 is 1.58 bits per heavy atom. The van der Waals surface area contributed by atoms with Crippen molar-refractivity contribution >= 4 is 22.8 Å². The molecular formula is C12H13N3O3S. The molecule has 0 aliphatic heterocycles. The van der Waals surface area contributed by atoms with Crippen molar-refractivity contribution in [1.29, 1.82) is 0 Å². The molecule has 6 nitrogen and oxygen atoms in total. The van der Waals surface area contributed by atoms with E-state index < -0.39 is 11.0 Å². The van der Waals surface area contributed by atoms with E-state index in [9.17, 15) is 15.2 Å². The summed E-state index contributed by atoms with van der Waals surface area (Å²) in [6.07, 6.45) is 0.787. The van der Waals surface area contributed by atoms with Gasteiger partial charge in [-0.1, -0.05) is 0 Å². The Morgan fingerprint density at radius 3 is 3.00 bits per heavy atom. The zero-order valence-corrected chi connectivity index (χ0v) is 11.1. The van der Waals surface area contributed by atoms with Crippen LogP contribution in [0.15, 0.2) is 29.1 Å². The van der Waals surface area contributed by atoms with E-state index in [1.807, 2.05) is 16.8 Å². The maximum atomic E-state index is 11.0. The second-order valence-corrected chi connectivity index (χ2v) is 4.82. The van der Waals surface area contributed by atoms with Gasteiger partial charge in [0.1, 0.15) is 0 Å². The molecule has 0 spiro atoms. The highest BCUT2D eigenvalue weighted by atomic mass is 32.1. The molecule has 2 N–H and O–H groups in total. The van der Waals surface area contributed by atoms with Crippen LogP contribution in [-0.2, 0) is 0 Å². The van der Waals surface area contributed by atoms with E-state index >= 15 is 0 Å². The summed E-state index contributed by atoms with van der Waals surface area (Å²) in [5, 5.41) is 27.4. The molecule has 0 fully saturated rings. The third kappa shape index (κ3) is 3.07. The summed E-state index contributed by atoms with van der Waals surface area (Å²) in [4.78, 5) is 14.5. The van der Waals surface area contributed by atoms with Gasteiger partial charge in [0, 0.05) is 18.3 Å². The van der Waals surface area contributed by atoms with Gasteiger partial charge < -0.3 is 10.4 Å². The van der Waals surface area contributed by atoms with Crippen LogP contribution in [-0.4, -0.2) is 21.6 Å². The molecule has 1 atom stereocenters. The molecule has 2 heterocycles. The van der Waals surface area contributed by atoms with E-state index in [2.05, 4.69) is 10.3 Å². The van der Waals surface area contributed by atoms with Gasteiger partial charge in [-0.05, 0) is 35.4 Å². The second-order valence-electron chi connectivity index (χ2n) is 4.04. The fourth-order valence-corrected chi connectivity index (χ4v) is 2.39. The zero-order chi connectivity index (χ0) is 13.8. The van der Waals surface area contributed by atoms with Crippen LogP contribution in [0.1, 0.15) is 17.2 Å². The number of aliphatic hydroxyl groups is 1. The highest BCUT2D eigenvalue weighted by Crippen LogP contribution is 2.26. The third-order valence-corrected chi connectivity index (χ3v) is 3.40. The van der Waals surface area contributed by atoms with Crippen LogP contribution in [0, 0.1) is 17.0 Å². The fraction of sp³-hybridized carbons (Fsp3) is 0.250. The lowest BCUT2D eigenvalue weighted by Gasteiger charge is -2.11. The van der Waals surface area contributed by atoms with Gasteiger partial charge in [-0.25, -0.2) is 4.98 Å². The van der Waals surface area contributed by atoms with E-state index in [0.717, 1.165) is 5.56 Å². The molecule has 0 radical (unpaired) electrons. The number of anilines is 1. The summed E-state index contributed by atoms with van der Waals surface area (Å²) in [6.45, 7) is 1.83. The van der Waals surface area contributed by atoms with Crippen LogP contribution in [0.5, 0.6) is 0 Å². The smallest absolute Gasteiger partial charge is 0.314 e. The number of rotatable bonds is 5. The summed E-state index contributed by atoms with van der Waals surface area (Å²) in [5.41, 5.74) is 1.26. The van der Waals surface area contributed by atoms with Crippen LogP contribution in [0.3, 0.4) is 0 Å². The first-order valence-corrected chi connectivity index (χ1v) is 6.58. The van der Waals surface area contributed by atoms with Gasteiger partial charge in [-0.3, -0.25) is 10.1 Å². The van der Waals surface area contributed by atoms with Crippen molar-refractivity contribution < 1.29 is 10.0 Å². The molecule has 0 saturated heterocycles. The van der Waals surface area contributed by atoms with Gasteiger partial charge in [0.15, 0.2) is 0 Å². The van der Waals surface area contributed by atoms with Gasteiger partial charge in [0.2, 0.25) is 5.82 Å². The molecule has 0 aliphatic carbocycles. The molecule has 19 heavy (non-hydrogen) atoms. The minimum absolute atomic E-state index is 0.0555. The maximum absolute atomic E-state index is 11.0. The van der Waals surface area contributed by atoms with E-state index in [1.165, 1.54) is 17.5 Å². The number of nitrogens with zero attached hydrogens (tertiary/aromatic N) is 2. The van der Waals surface area contributed by atoms with Crippen LogP contribution < -0.4 is 5.32 Å². The van der Waals surface area contributed by atoms with Crippen molar-refractivity contribution in [1.82, 2.24) is 4.98 Å². The molecule has 0 aliphatic rings. The van der Waals surface area contributed by atoms with Crippen molar-refractivity contribution in [2.75, 3.05) is 11.9 Å². The predicted molar refractivity (Wildman–Crippen MR) is 73.4 cm³/mol. The van der Waals surface area contributed by atoms with Crippen LogP contribution in [0.4, 0.5) is 11.5 Å². The first-order chi connectivity index (χ1) is 9.09. The maximum Gasteiger partial charge on any atom is 0.314 e. The highest BCUT2D eigenvalue weighted by Gasteiger charge is 2.19. The van der Waals surface area contributed by atoms with Gasteiger partial charge in [0.25, 0.3) is 0 Å². The molecule has 100 valence electrons. The first kappa shape index (κ1) is 13.4. The molecule has 0 aromatic carbocycles. The highest BCUT2D eigenvalue weighted by molar-refractivity contribution is 7.07. The molecule has 2 aromatic rings. The number of nitrogens with one attached hydrogen (secondary N) is 1. The number of aryl methyl sites for hydroxylation is 1. The number of thiophene rings is 1. The number of hydrogen-bond acceptors (Lipinski definition) is 6. The van der Waals surface area contributed by atoms with Crippen molar-refractivity contribution in [3.8, 4) is 0 Å².